The quantitative estimate of drug-likeness (QED) is 0.469. The van der Waals surface area contributed by atoms with E-state index < -0.39 is 40.5 Å². The third kappa shape index (κ3) is 4.06. The number of halogens is 2. The number of anilines is 1. The first kappa shape index (κ1) is 18.4. The van der Waals surface area contributed by atoms with E-state index in [-0.39, 0.29) is 29.0 Å². The van der Waals surface area contributed by atoms with Crippen LogP contribution >= 0.6 is 11.6 Å². The molecule has 0 saturated carbocycles. The Kier molecular flexibility index (Phi) is 5.08. The van der Waals surface area contributed by atoms with Crippen LogP contribution in [-0.4, -0.2) is 30.2 Å². The maximum Gasteiger partial charge on any atom is 0.345 e. The zero-order valence-corrected chi connectivity index (χ0v) is 14.1. The lowest BCUT2D eigenvalue weighted by molar-refractivity contribution is -0.385. The third-order valence-corrected chi connectivity index (χ3v) is 3.76. The Labute approximate surface area is 155 Å². The van der Waals surface area contributed by atoms with Gasteiger partial charge in [-0.25, -0.2) is 9.18 Å². The summed E-state index contributed by atoms with van der Waals surface area (Å²) in [6, 6.07) is 5.47. The summed E-state index contributed by atoms with van der Waals surface area (Å²) in [6.07, 6.45) is 0. The number of ether oxygens (including phenoxy) is 3. The summed E-state index contributed by atoms with van der Waals surface area (Å²) in [7, 11) is 0. The average Bonchev–Trinajstić information content (AvgIpc) is 3.08. The van der Waals surface area contributed by atoms with Crippen molar-refractivity contribution in [2.75, 3.05) is 18.7 Å². The van der Waals surface area contributed by atoms with Gasteiger partial charge in [-0.3, -0.25) is 14.9 Å². The molecule has 3 rings (SSSR count). The Morgan fingerprint density at radius 1 is 1.26 bits per heavy atom. The van der Waals surface area contributed by atoms with Gasteiger partial charge in [0.15, 0.2) is 18.1 Å². The fourth-order valence-corrected chi connectivity index (χ4v) is 2.45. The van der Waals surface area contributed by atoms with Gasteiger partial charge in [0, 0.05) is 6.07 Å². The Balaban J connectivity index is 1.69. The van der Waals surface area contributed by atoms with Gasteiger partial charge in [0.1, 0.15) is 11.4 Å². The van der Waals surface area contributed by atoms with E-state index in [0.29, 0.717) is 0 Å². The number of esters is 1. The summed E-state index contributed by atoms with van der Waals surface area (Å²) in [4.78, 5) is 34.4. The van der Waals surface area contributed by atoms with Crippen molar-refractivity contribution in [1.29, 1.82) is 0 Å². The number of nitro benzene ring substituents is 1. The summed E-state index contributed by atoms with van der Waals surface area (Å²) in [5.41, 5.74) is -0.823. The molecule has 27 heavy (non-hydrogen) atoms. The second-order valence-corrected chi connectivity index (χ2v) is 5.64. The molecule has 2 aromatic carbocycles. The van der Waals surface area contributed by atoms with Crippen molar-refractivity contribution in [3.8, 4) is 11.5 Å². The Morgan fingerprint density at radius 3 is 2.63 bits per heavy atom. The van der Waals surface area contributed by atoms with Gasteiger partial charge in [0.05, 0.1) is 21.7 Å². The van der Waals surface area contributed by atoms with Crippen LogP contribution in [0.25, 0.3) is 0 Å². The van der Waals surface area contributed by atoms with E-state index in [4.69, 9.17) is 25.8 Å². The largest absolute Gasteiger partial charge is 0.454 e. The molecule has 0 fully saturated rings. The number of hydrogen-bond acceptors (Lipinski definition) is 7. The van der Waals surface area contributed by atoms with E-state index in [0.717, 1.165) is 24.3 Å². The molecule has 0 bridgehead atoms. The second-order valence-electron chi connectivity index (χ2n) is 5.23. The van der Waals surface area contributed by atoms with Gasteiger partial charge in [-0.2, -0.15) is 0 Å². The summed E-state index contributed by atoms with van der Waals surface area (Å²) < 4.78 is 27.9. The molecule has 140 valence electrons. The summed E-state index contributed by atoms with van der Waals surface area (Å²) in [6.45, 7) is -0.871. The molecule has 0 aromatic heterocycles. The minimum Gasteiger partial charge on any atom is -0.454 e. The van der Waals surface area contributed by atoms with Crippen LogP contribution in [-0.2, 0) is 9.53 Å². The van der Waals surface area contributed by atoms with Gasteiger partial charge in [0.2, 0.25) is 6.79 Å². The van der Waals surface area contributed by atoms with E-state index >= 15 is 0 Å². The number of fused-ring (bicyclic) bond motifs is 1. The van der Waals surface area contributed by atoms with Crippen LogP contribution in [0.5, 0.6) is 11.5 Å². The first-order valence-electron chi connectivity index (χ1n) is 7.35. The lowest BCUT2D eigenvalue weighted by atomic mass is 10.1. The molecule has 0 saturated heterocycles. The van der Waals surface area contributed by atoms with Crippen LogP contribution in [0.1, 0.15) is 10.4 Å². The predicted octanol–water partition coefficient (Wildman–Crippen LogP) is 2.91. The molecule has 9 nitrogen and oxygen atoms in total. The molecule has 1 heterocycles. The highest BCUT2D eigenvalue weighted by Gasteiger charge is 2.28. The Hall–Kier alpha value is -3.40. The SMILES string of the molecule is O=C(COC(=O)c1cc2c(cc1[N+](=O)[O-])OCO2)Nc1ccc(F)cc1Cl. The predicted molar refractivity (Wildman–Crippen MR) is 89.5 cm³/mol. The first-order valence-corrected chi connectivity index (χ1v) is 7.73. The number of nitro groups is 1. The standard InChI is InChI=1S/C16H10ClFN2O7/c17-10-3-8(18)1-2-11(10)19-15(21)6-25-16(22)9-4-13-14(27-7-26-13)5-12(9)20(23)24/h1-5H,6-7H2,(H,19,21). The molecule has 1 N–H and O–H groups in total. The van der Waals surface area contributed by atoms with Crippen LogP contribution in [0.3, 0.4) is 0 Å². The van der Waals surface area contributed by atoms with Crippen molar-refractivity contribution in [2.45, 2.75) is 0 Å². The van der Waals surface area contributed by atoms with Gasteiger partial charge >= 0.3 is 5.97 Å². The van der Waals surface area contributed by atoms with Crippen molar-refractivity contribution in [3.05, 3.63) is 56.8 Å². The zero-order valence-electron chi connectivity index (χ0n) is 13.4. The number of rotatable bonds is 5. The van der Waals surface area contributed by atoms with Crippen molar-refractivity contribution < 1.29 is 33.1 Å². The molecule has 1 aliphatic heterocycles. The molecule has 0 unspecified atom stereocenters. The molecule has 0 atom stereocenters. The first-order chi connectivity index (χ1) is 12.8. The summed E-state index contributed by atoms with van der Waals surface area (Å²) >= 11 is 5.78. The number of carbonyl (C=O) groups excluding carboxylic acids is 2. The van der Waals surface area contributed by atoms with Crippen molar-refractivity contribution in [1.82, 2.24) is 0 Å². The van der Waals surface area contributed by atoms with E-state index in [1.54, 1.807) is 0 Å². The lowest BCUT2D eigenvalue weighted by Crippen LogP contribution is -2.21. The van der Waals surface area contributed by atoms with E-state index in [2.05, 4.69) is 5.32 Å². The fourth-order valence-electron chi connectivity index (χ4n) is 2.23. The van der Waals surface area contributed by atoms with Crippen molar-refractivity contribution in [2.24, 2.45) is 0 Å². The van der Waals surface area contributed by atoms with Crippen molar-refractivity contribution >= 4 is 34.9 Å². The Morgan fingerprint density at radius 2 is 1.96 bits per heavy atom. The van der Waals surface area contributed by atoms with Crippen LogP contribution in [0, 0.1) is 15.9 Å². The van der Waals surface area contributed by atoms with E-state index in [9.17, 15) is 24.1 Å². The number of benzene rings is 2. The van der Waals surface area contributed by atoms with Crippen molar-refractivity contribution in [3.63, 3.8) is 0 Å². The molecule has 0 radical (unpaired) electrons. The topological polar surface area (TPSA) is 117 Å². The number of nitrogens with zero attached hydrogens (tertiary/aromatic N) is 1. The van der Waals surface area contributed by atoms with Crippen LogP contribution in [0.15, 0.2) is 30.3 Å². The van der Waals surface area contributed by atoms with E-state index in [1.165, 1.54) is 6.07 Å². The number of hydrogen-bond donors (Lipinski definition) is 1. The molecule has 2 aromatic rings. The number of nitrogens with one attached hydrogen (secondary N) is 1. The molecule has 11 heteroatoms. The van der Waals surface area contributed by atoms with Crippen LogP contribution in [0.4, 0.5) is 15.8 Å². The second kappa shape index (κ2) is 7.46. The minimum atomic E-state index is -1.10. The highest BCUT2D eigenvalue weighted by atomic mass is 35.5. The third-order valence-electron chi connectivity index (χ3n) is 3.45. The molecule has 0 aliphatic carbocycles. The van der Waals surface area contributed by atoms with Gasteiger partial charge < -0.3 is 19.5 Å². The van der Waals surface area contributed by atoms with Gasteiger partial charge in [-0.05, 0) is 18.2 Å². The highest BCUT2D eigenvalue weighted by Crippen LogP contribution is 2.38. The maximum absolute atomic E-state index is 13.0. The Bertz CT molecular complexity index is 951. The maximum atomic E-state index is 13.0. The van der Waals surface area contributed by atoms with Gasteiger partial charge in [0.25, 0.3) is 11.6 Å². The monoisotopic (exact) mass is 396 g/mol. The molecular formula is C16H10ClFN2O7. The summed E-state index contributed by atoms with van der Waals surface area (Å²) in [5, 5.41) is 13.4. The fraction of sp³-hybridized carbons (Fsp3) is 0.125. The number of amides is 1. The van der Waals surface area contributed by atoms with Gasteiger partial charge in [-0.1, -0.05) is 11.6 Å². The molecule has 1 aliphatic rings. The number of carbonyl (C=O) groups is 2. The molecule has 0 spiro atoms. The lowest BCUT2D eigenvalue weighted by Gasteiger charge is -2.08. The zero-order chi connectivity index (χ0) is 19.6. The van der Waals surface area contributed by atoms with Crippen LogP contribution < -0.4 is 14.8 Å². The normalized spacial score (nSPS) is 11.8. The van der Waals surface area contributed by atoms with Crippen LogP contribution in [0.2, 0.25) is 5.02 Å². The van der Waals surface area contributed by atoms with E-state index in [1.807, 2.05) is 0 Å². The summed E-state index contributed by atoms with van der Waals surface area (Å²) in [5.74, 6) is -2.17. The molecule has 1 amide bonds. The minimum absolute atomic E-state index is 0.0407. The average molecular weight is 397 g/mol. The highest BCUT2D eigenvalue weighted by molar-refractivity contribution is 6.33. The smallest absolute Gasteiger partial charge is 0.345 e. The molecular weight excluding hydrogens is 387 g/mol. The van der Waals surface area contributed by atoms with Gasteiger partial charge in [-0.15, -0.1) is 0 Å².